The number of amides is 2. The molecule has 1 saturated heterocycles. The molecule has 0 saturated carbocycles. The number of hydrogen-bond acceptors (Lipinski definition) is 5. The minimum absolute atomic E-state index is 0.0784. The molecule has 2 aliphatic rings. The average Bonchev–Trinajstić information content (AvgIpc) is 2.81. The van der Waals surface area contributed by atoms with Crippen molar-refractivity contribution in [3.05, 3.63) is 58.1 Å². The van der Waals surface area contributed by atoms with Crippen LogP contribution in [-0.2, 0) is 20.9 Å². The van der Waals surface area contributed by atoms with E-state index in [2.05, 4.69) is 0 Å². The maximum absolute atomic E-state index is 13.0. The highest BCUT2D eigenvalue weighted by molar-refractivity contribution is 6.42. The number of ether oxygens (including phenoxy) is 2. The van der Waals surface area contributed by atoms with Crippen LogP contribution in [0.5, 0.6) is 5.75 Å². The van der Waals surface area contributed by atoms with Crippen LogP contribution < -0.4 is 9.64 Å². The monoisotopic (exact) mass is 477 g/mol. The summed E-state index contributed by atoms with van der Waals surface area (Å²) < 4.78 is 11.4. The number of morpholine rings is 1. The highest BCUT2D eigenvalue weighted by Gasteiger charge is 2.35. The van der Waals surface area contributed by atoms with Crippen LogP contribution in [0.1, 0.15) is 5.56 Å². The molecule has 1 atom stereocenters. The van der Waals surface area contributed by atoms with E-state index < -0.39 is 6.10 Å². The van der Waals surface area contributed by atoms with Crippen LogP contribution in [-0.4, -0.2) is 74.2 Å². The van der Waals surface area contributed by atoms with Crippen molar-refractivity contribution in [3.8, 4) is 5.75 Å². The lowest BCUT2D eigenvalue weighted by molar-refractivity contribution is -0.143. The number of likely N-dealkylation sites (N-methyl/N-ethyl adjacent to an activating group) is 1. The Balaban J connectivity index is 1.46. The van der Waals surface area contributed by atoms with Gasteiger partial charge in [0.25, 0.3) is 5.91 Å². The number of nitrogens with zero attached hydrogens (tertiary/aromatic N) is 3. The van der Waals surface area contributed by atoms with Crippen molar-refractivity contribution in [3.63, 3.8) is 0 Å². The van der Waals surface area contributed by atoms with E-state index in [0.29, 0.717) is 55.2 Å². The Bertz CT molecular complexity index is 997. The predicted octanol–water partition coefficient (Wildman–Crippen LogP) is 3.08. The first-order valence-corrected chi connectivity index (χ1v) is 11.2. The third-order valence-corrected chi connectivity index (χ3v) is 6.35. The van der Waals surface area contributed by atoms with Crippen molar-refractivity contribution >= 4 is 40.7 Å². The number of halogens is 2. The highest BCUT2D eigenvalue weighted by atomic mass is 35.5. The van der Waals surface area contributed by atoms with Gasteiger partial charge in [0.1, 0.15) is 5.75 Å². The maximum Gasteiger partial charge on any atom is 0.265 e. The average molecular weight is 478 g/mol. The number of rotatable bonds is 5. The van der Waals surface area contributed by atoms with Gasteiger partial charge < -0.3 is 24.2 Å². The molecule has 9 heteroatoms. The molecule has 1 unspecified atom stereocenters. The summed E-state index contributed by atoms with van der Waals surface area (Å²) in [6.45, 7) is 2.98. The summed E-state index contributed by atoms with van der Waals surface area (Å²) in [4.78, 5) is 31.4. The molecule has 0 aromatic heterocycles. The van der Waals surface area contributed by atoms with Crippen LogP contribution in [0.15, 0.2) is 42.5 Å². The van der Waals surface area contributed by atoms with E-state index in [1.165, 1.54) is 0 Å². The van der Waals surface area contributed by atoms with Gasteiger partial charge in [0.2, 0.25) is 5.91 Å². The van der Waals surface area contributed by atoms with Gasteiger partial charge in [0, 0.05) is 26.7 Å². The van der Waals surface area contributed by atoms with Gasteiger partial charge in [0.15, 0.2) is 6.10 Å². The molecule has 2 heterocycles. The summed E-state index contributed by atoms with van der Waals surface area (Å²) in [5, 5.41) is 0.932. The number of carbonyl (C=O) groups is 2. The minimum Gasteiger partial charge on any atom is -0.477 e. The van der Waals surface area contributed by atoms with E-state index in [1.54, 1.807) is 29.0 Å². The Hall–Kier alpha value is -2.48. The molecular formula is C23H25Cl2N3O4. The fourth-order valence-corrected chi connectivity index (χ4v) is 4.18. The van der Waals surface area contributed by atoms with Crippen molar-refractivity contribution in [2.45, 2.75) is 12.6 Å². The van der Waals surface area contributed by atoms with Gasteiger partial charge in [-0.2, -0.15) is 0 Å². The smallest absolute Gasteiger partial charge is 0.265 e. The number of para-hydroxylation sites is 2. The van der Waals surface area contributed by atoms with Crippen LogP contribution in [0.3, 0.4) is 0 Å². The number of benzene rings is 2. The van der Waals surface area contributed by atoms with Gasteiger partial charge >= 0.3 is 0 Å². The number of fused-ring (bicyclic) bond motifs is 1. The molecule has 0 N–H and O–H groups in total. The van der Waals surface area contributed by atoms with E-state index in [9.17, 15) is 9.59 Å². The summed E-state index contributed by atoms with van der Waals surface area (Å²) >= 11 is 12.1. The molecular weight excluding hydrogens is 453 g/mol. The van der Waals surface area contributed by atoms with E-state index in [-0.39, 0.29) is 18.4 Å². The number of anilines is 1. The zero-order valence-corrected chi connectivity index (χ0v) is 19.3. The van der Waals surface area contributed by atoms with Crippen molar-refractivity contribution in [2.75, 3.05) is 51.3 Å². The van der Waals surface area contributed by atoms with Crippen LogP contribution in [0, 0.1) is 0 Å². The van der Waals surface area contributed by atoms with Gasteiger partial charge in [-0.1, -0.05) is 41.4 Å². The predicted molar refractivity (Wildman–Crippen MR) is 123 cm³/mol. The molecule has 0 bridgehead atoms. The lowest BCUT2D eigenvalue weighted by Crippen LogP contribution is -2.54. The maximum atomic E-state index is 13.0. The fraction of sp³-hybridized carbons (Fsp3) is 0.391. The zero-order valence-electron chi connectivity index (χ0n) is 17.8. The SMILES string of the molecule is CN(Cc1ccc(Cl)c(Cl)c1)C(=O)CN1CC(C(=O)N2CCOCC2)Oc2ccccc21. The standard InChI is InChI=1S/C23H25Cl2N3O4/c1-26(13-16-6-7-17(24)18(25)12-16)22(29)15-28-14-21(23(30)27-8-10-31-11-9-27)32-20-5-3-2-4-19(20)28/h2-7,12,21H,8-11,13-15H2,1H3. The fourth-order valence-electron chi connectivity index (χ4n) is 3.86. The third-order valence-electron chi connectivity index (χ3n) is 5.62. The quantitative estimate of drug-likeness (QED) is 0.661. The zero-order chi connectivity index (χ0) is 22.7. The van der Waals surface area contributed by atoms with Crippen molar-refractivity contribution < 1.29 is 19.1 Å². The molecule has 2 aromatic rings. The summed E-state index contributed by atoms with van der Waals surface area (Å²) in [5.74, 6) is 0.444. The number of hydrogen-bond donors (Lipinski definition) is 0. The van der Waals surface area contributed by atoms with E-state index in [0.717, 1.165) is 11.3 Å². The molecule has 0 spiro atoms. The van der Waals surface area contributed by atoms with Gasteiger partial charge in [0.05, 0.1) is 42.0 Å². The molecule has 4 rings (SSSR count). The first-order chi connectivity index (χ1) is 15.4. The second kappa shape index (κ2) is 9.98. The Labute approximate surface area is 197 Å². The molecule has 2 aliphatic heterocycles. The van der Waals surface area contributed by atoms with E-state index >= 15 is 0 Å². The van der Waals surface area contributed by atoms with Gasteiger partial charge in [-0.05, 0) is 29.8 Å². The first kappa shape index (κ1) is 22.7. The summed E-state index contributed by atoms with van der Waals surface area (Å²) in [6, 6.07) is 12.8. The van der Waals surface area contributed by atoms with Crippen LogP contribution in [0.2, 0.25) is 10.0 Å². The minimum atomic E-state index is -0.670. The molecule has 0 radical (unpaired) electrons. The molecule has 32 heavy (non-hydrogen) atoms. The van der Waals surface area contributed by atoms with Gasteiger partial charge in [-0.15, -0.1) is 0 Å². The van der Waals surface area contributed by atoms with Crippen molar-refractivity contribution in [1.29, 1.82) is 0 Å². The lowest BCUT2D eigenvalue weighted by atomic mass is 10.1. The molecule has 0 aliphatic carbocycles. The summed E-state index contributed by atoms with van der Waals surface area (Å²) in [7, 11) is 1.74. The van der Waals surface area contributed by atoms with Crippen molar-refractivity contribution in [2.24, 2.45) is 0 Å². The second-order valence-electron chi connectivity index (χ2n) is 7.89. The molecule has 2 amide bonds. The topological polar surface area (TPSA) is 62.3 Å². The molecule has 170 valence electrons. The molecule has 7 nitrogen and oxygen atoms in total. The Morgan fingerprint density at radius 1 is 1.09 bits per heavy atom. The first-order valence-electron chi connectivity index (χ1n) is 10.5. The lowest BCUT2D eigenvalue weighted by Gasteiger charge is -2.38. The largest absolute Gasteiger partial charge is 0.477 e. The van der Waals surface area contributed by atoms with Crippen LogP contribution in [0.4, 0.5) is 5.69 Å². The molecule has 1 fully saturated rings. The normalized spacial score (nSPS) is 18.0. The highest BCUT2D eigenvalue weighted by Crippen LogP contribution is 2.33. The Kier molecular flexibility index (Phi) is 7.08. The summed E-state index contributed by atoms with van der Waals surface area (Å²) in [5.41, 5.74) is 1.69. The van der Waals surface area contributed by atoms with E-state index in [1.807, 2.05) is 35.2 Å². The van der Waals surface area contributed by atoms with E-state index in [4.69, 9.17) is 32.7 Å². The Morgan fingerprint density at radius 2 is 1.84 bits per heavy atom. The Morgan fingerprint density at radius 3 is 2.59 bits per heavy atom. The second-order valence-corrected chi connectivity index (χ2v) is 8.71. The summed E-state index contributed by atoms with van der Waals surface area (Å²) in [6.07, 6.45) is -0.670. The van der Waals surface area contributed by atoms with Gasteiger partial charge in [-0.25, -0.2) is 0 Å². The van der Waals surface area contributed by atoms with Crippen LogP contribution in [0.25, 0.3) is 0 Å². The third kappa shape index (κ3) is 5.11. The van der Waals surface area contributed by atoms with Gasteiger partial charge in [-0.3, -0.25) is 9.59 Å². The molecule has 2 aromatic carbocycles. The number of carbonyl (C=O) groups excluding carboxylic acids is 2. The van der Waals surface area contributed by atoms with Crippen LogP contribution >= 0.6 is 23.2 Å². The van der Waals surface area contributed by atoms with Crippen molar-refractivity contribution in [1.82, 2.24) is 9.80 Å².